The Labute approximate surface area is 302 Å². The molecule has 0 N–H and O–H groups in total. The normalized spacial score (nSPS) is 13.2. The molecule has 0 saturated heterocycles. The van der Waals surface area contributed by atoms with Crippen molar-refractivity contribution in [3.63, 3.8) is 0 Å². The van der Waals surface area contributed by atoms with Gasteiger partial charge in [0.25, 0.3) is 0 Å². The summed E-state index contributed by atoms with van der Waals surface area (Å²) in [6.45, 7) is 0. The number of para-hydroxylation sites is 4. The smallest absolute Gasteiger partial charge is 0.197 e. The lowest BCUT2D eigenvalue weighted by molar-refractivity contribution is 0.931. The van der Waals surface area contributed by atoms with Crippen LogP contribution in [0.15, 0.2) is 181 Å². The third-order valence-electron chi connectivity index (χ3n) is 8.81. The molecule has 8 nitrogen and oxygen atoms in total. The predicted molar refractivity (Wildman–Crippen MR) is 208 cm³/mol. The van der Waals surface area contributed by atoms with E-state index in [2.05, 4.69) is 92.6 Å². The number of benzene rings is 6. The molecular weight excluding hydrogens is 641 g/mol. The van der Waals surface area contributed by atoms with Crippen LogP contribution >= 0.6 is 0 Å². The van der Waals surface area contributed by atoms with Crippen LogP contribution in [0.25, 0.3) is 11.3 Å². The number of rotatable bonds is 8. The number of fused-ring (bicyclic) bond motifs is 1. The largest absolute Gasteiger partial charge is 0.311 e. The molecule has 246 valence electrons. The van der Waals surface area contributed by atoms with Crippen LogP contribution < -0.4 is 14.7 Å². The lowest BCUT2D eigenvalue weighted by Gasteiger charge is -2.32. The van der Waals surface area contributed by atoms with Gasteiger partial charge in [-0.05, 0) is 84.9 Å². The summed E-state index contributed by atoms with van der Waals surface area (Å²) in [6.07, 6.45) is 1.66. The third-order valence-corrected chi connectivity index (χ3v) is 8.81. The fourth-order valence-corrected chi connectivity index (χ4v) is 6.39. The van der Waals surface area contributed by atoms with E-state index >= 15 is 0 Å². The Morgan fingerprint density at radius 3 is 1.37 bits per heavy atom. The van der Waals surface area contributed by atoms with Crippen LogP contribution in [0.5, 0.6) is 0 Å². The summed E-state index contributed by atoms with van der Waals surface area (Å²) in [6, 6.07) is 60.2. The number of aromatic nitrogens is 2. The Bertz CT molecular complexity index is 2340. The molecule has 6 aromatic carbocycles. The molecule has 0 radical (unpaired) electrons. The van der Waals surface area contributed by atoms with Crippen molar-refractivity contribution in [3.05, 3.63) is 176 Å². The van der Waals surface area contributed by atoms with Gasteiger partial charge in [-0.3, -0.25) is 0 Å². The van der Waals surface area contributed by atoms with E-state index in [0.29, 0.717) is 17.2 Å². The van der Waals surface area contributed by atoms with E-state index in [4.69, 9.17) is 4.98 Å². The van der Waals surface area contributed by atoms with Crippen LogP contribution in [0.4, 0.5) is 51.4 Å². The van der Waals surface area contributed by atoms with Crippen molar-refractivity contribution < 1.29 is 0 Å². The minimum atomic E-state index is -0.986. The molecule has 7 aromatic rings. The number of aliphatic imine (C=N–C) groups is 1. The first-order valence-corrected chi connectivity index (χ1v) is 16.8. The zero-order valence-electron chi connectivity index (χ0n) is 27.9. The summed E-state index contributed by atoms with van der Waals surface area (Å²) in [5.41, 5.74) is 8.23. The molecule has 1 aliphatic rings. The Kier molecular flexibility index (Phi) is 8.61. The quantitative estimate of drug-likeness (QED) is 0.159. The molecule has 8 rings (SSSR count). The van der Waals surface area contributed by atoms with Crippen LogP contribution in [-0.2, 0) is 0 Å². The van der Waals surface area contributed by atoms with Crippen molar-refractivity contribution >= 4 is 57.2 Å². The van der Waals surface area contributed by atoms with Gasteiger partial charge in [0.15, 0.2) is 23.4 Å². The average Bonchev–Trinajstić information content (AvgIpc) is 3.22. The van der Waals surface area contributed by atoms with Crippen molar-refractivity contribution in [3.8, 4) is 23.4 Å². The van der Waals surface area contributed by atoms with Crippen molar-refractivity contribution in [1.29, 1.82) is 10.5 Å². The molecule has 52 heavy (non-hydrogen) atoms. The number of nitrogens with zero attached hydrogens (tertiary/aromatic N) is 8. The molecule has 0 amide bonds. The Morgan fingerprint density at radius 2 is 0.942 bits per heavy atom. The van der Waals surface area contributed by atoms with Crippen molar-refractivity contribution in [2.24, 2.45) is 4.99 Å². The second kappa shape index (κ2) is 14.1. The zero-order valence-corrected chi connectivity index (χ0v) is 27.9. The Balaban J connectivity index is 1.16. The number of hydrogen-bond donors (Lipinski definition) is 0. The highest BCUT2D eigenvalue weighted by molar-refractivity contribution is 6.11. The van der Waals surface area contributed by atoms with E-state index in [9.17, 15) is 10.5 Å². The summed E-state index contributed by atoms with van der Waals surface area (Å²) >= 11 is 0. The first-order valence-electron chi connectivity index (χ1n) is 16.8. The van der Waals surface area contributed by atoms with E-state index in [0.717, 1.165) is 39.7 Å². The third kappa shape index (κ3) is 6.09. The molecule has 2 heterocycles. The van der Waals surface area contributed by atoms with E-state index in [1.807, 2.05) is 109 Å². The lowest BCUT2D eigenvalue weighted by atomic mass is 10.1. The van der Waals surface area contributed by atoms with Gasteiger partial charge < -0.3 is 14.7 Å². The summed E-state index contributed by atoms with van der Waals surface area (Å²) in [5, 5.41) is 20.4. The Hall–Kier alpha value is -7.55. The minimum Gasteiger partial charge on any atom is -0.311 e. The maximum absolute atomic E-state index is 10.4. The molecule has 0 fully saturated rings. The Morgan fingerprint density at radius 1 is 0.519 bits per heavy atom. The molecule has 1 aromatic heterocycles. The summed E-state index contributed by atoms with van der Waals surface area (Å²) in [4.78, 5) is 20.2. The van der Waals surface area contributed by atoms with Crippen molar-refractivity contribution in [2.75, 3.05) is 14.7 Å². The highest BCUT2D eigenvalue weighted by Crippen LogP contribution is 2.41. The van der Waals surface area contributed by atoms with Gasteiger partial charge in [-0.15, -0.1) is 0 Å². The summed E-state index contributed by atoms with van der Waals surface area (Å²) < 4.78 is 0. The van der Waals surface area contributed by atoms with Crippen LogP contribution in [0, 0.1) is 22.7 Å². The van der Waals surface area contributed by atoms with Crippen LogP contribution in [0.3, 0.4) is 0 Å². The number of nitriles is 2. The van der Waals surface area contributed by atoms with Crippen LogP contribution in [0.1, 0.15) is 0 Å². The number of hydrogen-bond acceptors (Lipinski definition) is 8. The fraction of sp³-hybridized carbons (Fsp3) is 0.0227. The zero-order chi connectivity index (χ0) is 35.3. The SMILES string of the molecule is N#CC1=Nc2ncc(-c3ccc(N(c4ccccc4)c4ccccc4)cc3)nc2N(c2ccc(N(c3ccccc3)c3ccccc3)cc2)C1C#N. The molecule has 0 bridgehead atoms. The maximum Gasteiger partial charge on any atom is 0.197 e. The monoisotopic (exact) mass is 670 g/mol. The van der Waals surface area contributed by atoms with Gasteiger partial charge in [0, 0.05) is 45.4 Å². The molecular formula is C44H30N8. The van der Waals surface area contributed by atoms with Crippen LogP contribution in [0.2, 0.25) is 0 Å². The second-order valence-electron chi connectivity index (χ2n) is 12.0. The van der Waals surface area contributed by atoms with E-state index in [-0.39, 0.29) is 11.5 Å². The molecule has 8 heteroatoms. The second-order valence-corrected chi connectivity index (χ2v) is 12.0. The van der Waals surface area contributed by atoms with Gasteiger partial charge in [-0.25, -0.2) is 15.0 Å². The first kappa shape index (κ1) is 31.7. The van der Waals surface area contributed by atoms with Gasteiger partial charge in [0.2, 0.25) is 0 Å². The average molecular weight is 671 g/mol. The molecule has 1 unspecified atom stereocenters. The van der Waals surface area contributed by atoms with Gasteiger partial charge >= 0.3 is 0 Å². The standard InChI is InChI=1S/C44H30N8/c45-29-40-42(30-46)52(39-27-25-38(26-28-39)51(35-17-9-3-10-18-35)36-19-11-4-12-20-36)44-43(48-40)47-31-41(49-44)32-21-23-37(24-22-32)50(33-13-5-1-6-14-33)34-15-7-2-8-16-34/h1-28,31,42H. The predicted octanol–water partition coefficient (Wildman–Crippen LogP) is 10.7. The van der Waals surface area contributed by atoms with E-state index < -0.39 is 6.04 Å². The van der Waals surface area contributed by atoms with Crippen molar-refractivity contribution in [2.45, 2.75) is 6.04 Å². The molecule has 1 aliphatic heterocycles. The van der Waals surface area contributed by atoms with Gasteiger partial charge in [-0.2, -0.15) is 10.5 Å². The van der Waals surface area contributed by atoms with Crippen LogP contribution in [-0.4, -0.2) is 21.7 Å². The fourth-order valence-electron chi connectivity index (χ4n) is 6.39. The van der Waals surface area contributed by atoms with Gasteiger partial charge in [0.05, 0.1) is 18.0 Å². The lowest BCUT2D eigenvalue weighted by Crippen LogP contribution is -2.39. The molecule has 0 spiro atoms. The van der Waals surface area contributed by atoms with E-state index in [1.165, 1.54) is 0 Å². The molecule has 1 atom stereocenters. The summed E-state index contributed by atoms with van der Waals surface area (Å²) in [5.74, 6) is 0.681. The first-order chi connectivity index (χ1) is 25.7. The number of anilines is 8. The molecule has 0 aliphatic carbocycles. The highest BCUT2D eigenvalue weighted by atomic mass is 15.3. The minimum absolute atomic E-state index is 0.0580. The molecule has 0 saturated carbocycles. The highest BCUT2D eigenvalue weighted by Gasteiger charge is 2.34. The van der Waals surface area contributed by atoms with Gasteiger partial charge in [-0.1, -0.05) is 84.9 Å². The summed E-state index contributed by atoms with van der Waals surface area (Å²) in [7, 11) is 0. The maximum atomic E-state index is 10.4. The van der Waals surface area contributed by atoms with Crippen molar-refractivity contribution in [1.82, 2.24) is 9.97 Å². The van der Waals surface area contributed by atoms with Gasteiger partial charge in [0.1, 0.15) is 6.07 Å². The van der Waals surface area contributed by atoms with E-state index in [1.54, 1.807) is 11.1 Å². The topological polar surface area (TPSA) is 95.4 Å².